The molecule has 0 saturated carbocycles. The van der Waals surface area contributed by atoms with E-state index in [4.69, 9.17) is 20.8 Å². The van der Waals surface area contributed by atoms with E-state index in [1.165, 1.54) is 0 Å². The fourth-order valence-electron chi connectivity index (χ4n) is 5.18. The van der Waals surface area contributed by atoms with Crippen LogP contribution in [0.1, 0.15) is 28.4 Å². The normalized spacial score (nSPS) is 15.8. The number of hydrogen-bond donors (Lipinski definition) is 1. The SMILES string of the molecule is Cc1ccnc(Cl)n1.Cc1ccnc(N2C[C@@H](Cc3ccc(OCCc4nc(-c5ccccc5)oc4C)cc3)[C@@H](C(=O)O)C2)n1. The molecule has 10 nitrogen and oxygen atoms in total. The van der Waals surface area contributed by atoms with Crippen LogP contribution in [0.3, 0.4) is 0 Å². The Morgan fingerprint density at radius 3 is 2.29 bits per heavy atom. The summed E-state index contributed by atoms with van der Waals surface area (Å²) in [5.41, 5.74) is 4.68. The minimum Gasteiger partial charge on any atom is -0.493 e. The van der Waals surface area contributed by atoms with Crippen molar-refractivity contribution in [1.82, 2.24) is 24.9 Å². The lowest BCUT2D eigenvalue weighted by Gasteiger charge is -2.16. The monoisotopic (exact) mass is 626 g/mol. The number of aromatic nitrogens is 5. The third kappa shape index (κ3) is 8.63. The van der Waals surface area contributed by atoms with E-state index in [0.29, 0.717) is 49.7 Å². The Hall–Kier alpha value is -4.83. The number of carbonyl (C=O) groups is 1. The minimum atomic E-state index is -0.779. The molecule has 1 N–H and O–H groups in total. The highest BCUT2D eigenvalue weighted by atomic mass is 35.5. The number of nitrogens with zero attached hydrogens (tertiary/aromatic N) is 6. The summed E-state index contributed by atoms with van der Waals surface area (Å²) < 4.78 is 11.8. The van der Waals surface area contributed by atoms with Crippen LogP contribution < -0.4 is 9.64 Å². The predicted molar refractivity (Wildman–Crippen MR) is 171 cm³/mol. The number of halogens is 1. The third-order valence-electron chi connectivity index (χ3n) is 7.53. The predicted octanol–water partition coefficient (Wildman–Crippen LogP) is 6.19. The van der Waals surface area contributed by atoms with Gasteiger partial charge in [0.1, 0.15) is 11.5 Å². The number of oxazole rings is 1. The zero-order valence-electron chi connectivity index (χ0n) is 25.4. The molecule has 0 bridgehead atoms. The maximum atomic E-state index is 11.9. The molecule has 1 fully saturated rings. The van der Waals surface area contributed by atoms with E-state index in [1.807, 2.05) is 86.3 Å². The molecule has 2 atom stereocenters. The molecule has 0 radical (unpaired) electrons. The van der Waals surface area contributed by atoms with E-state index in [-0.39, 0.29) is 5.92 Å². The first kappa shape index (κ1) is 31.6. The van der Waals surface area contributed by atoms with E-state index < -0.39 is 11.9 Å². The number of anilines is 1. The topological polar surface area (TPSA) is 127 Å². The lowest BCUT2D eigenvalue weighted by Crippen LogP contribution is -2.25. The van der Waals surface area contributed by atoms with E-state index in [0.717, 1.165) is 39.7 Å². The molecule has 3 aromatic heterocycles. The van der Waals surface area contributed by atoms with Crippen LogP contribution in [0.4, 0.5) is 5.95 Å². The van der Waals surface area contributed by atoms with Gasteiger partial charge < -0.3 is 19.2 Å². The number of benzene rings is 2. The van der Waals surface area contributed by atoms with Gasteiger partial charge in [0.25, 0.3) is 0 Å². The van der Waals surface area contributed by atoms with Crippen LogP contribution in [-0.2, 0) is 17.6 Å². The molecular formula is C34H35ClN6O4. The number of aryl methyl sites for hydroxylation is 3. The maximum Gasteiger partial charge on any atom is 0.308 e. The first-order valence-electron chi connectivity index (χ1n) is 14.7. The van der Waals surface area contributed by atoms with E-state index in [9.17, 15) is 9.90 Å². The Morgan fingerprint density at radius 2 is 1.64 bits per heavy atom. The Kier molecular flexibility index (Phi) is 10.4. The molecule has 1 aliphatic rings. The highest BCUT2D eigenvalue weighted by molar-refractivity contribution is 6.28. The fourth-order valence-corrected chi connectivity index (χ4v) is 5.37. The van der Waals surface area contributed by atoms with Gasteiger partial charge in [-0.05, 0) is 86.7 Å². The summed E-state index contributed by atoms with van der Waals surface area (Å²) in [6, 6.07) is 21.4. The van der Waals surface area contributed by atoms with Gasteiger partial charge in [-0.3, -0.25) is 4.79 Å². The second-order valence-electron chi connectivity index (χ2n) is 10.9. The van der Waals surface area contributed by atoms with Crippen molar-refractivity contribution >= 4 is 23.5 Å². The Labute approximate surface area is 267 Å². The molecule has 232 valence electrons. The van der Waals surface area contributed by atoms with E-state index in [2.05, 4.69) is 24.9 Å². The molecule has 45 heavy (non-hydrogen) atoms. The Bertz CT molecular complexity index is 1700. The van der Waals surface area contributed by atoms with Crippen LogP contribution in [0.5, 0.6) is 5.75 Å². The van der Waals surface area contributed by atoms with Gasteiger partial charge in [-0.1, -0.05) is 30.3 Å². The average Bonchev–Trinajstić information content (AvgIpc) is 3.62. The first-order chi connectivity index (χ1) is 21.7. The van der Waals surface area contributed by atoms with Crippen LogP contribution in [0.15, 0.2) is 83.5 Å². The summed E-state index contributed by atoms with van der Waals surface area (Å²) in [5.74, 6) is 1.51. The van der Waals surface area contributed by atoms with Gasteiger partial charge in [0.15, 0.2) is 0 Å². The third-order valence-corrected chi connectivity index (χ3v) is 7.71. The number of carboxylic acid groups (broad SMARTS) is 1. The lowest BCUT2D eigenvalue weighted by molar-refractivity contribution is -0.142. The highest BCUT2D eigenvalue weighted by Crippen LogP contribution is 2.30. The van der Waals surface area contributed by atoms with Crippen molar-refractivity contribution in [3.63, 3.8) is 0 Å². The number of carboxylic acids is 1. The van der Waals surface area contributed by atoms with Crippen molar-refractivity contribution in [3.05, 3.63) is 113 Å². The van der Waals surface area contributed by atoms with Crippen molar-refractivity contribution in [2.24, 2.45) is 11.8 Å². The largest absolute Gasteiger partial charge is 0.493 e. The Morgan fingerprint density at radius 1 is 0.933 bits per heavy atom. The summed E-state index contributed by atoms with van der Waals surface area (Å²) in [5, 5.41) is 10.1. The molecule has 0 aliphatic carbocycles. The summed E-state index contributed by atoms with van der Waals surface area (Å²) >= 11 is 5.42. The van der Waals surface area contributed by atoms with Crippen molar-refractivity contribution in [2.45, 2.75) is 33.6 Å². The molecule has 0 spiro atoms. The van der Waals surface area contributed by atoms with Gasteiger partial charge in [0, 0.05) is 48.9 Å². The summed E-state index contributed by atoms with van der Waals surface area (Å²) in [4.78, 5) is 34.9. The van der Waals surface area contributed by atoms with Crippen LogP contribution in [0.25, 0.3) is 11.5 Å². The van der Waals surface area contributed by atoms with Gasteiger partial charge in [-0.15, -0.1) is 0 Å². The zero-order valence-corrected chi connectivity index (χ0v) is 26.2. The van der Waals surface area contributed by atoms with E-state index in [1.54, 1.807) is 18.5 Å². The highest BCUT2D eigenvalue weighted by Gasteiger charge is 2.38. The smallest absolute Gasteiger partial charge is 0.308 e. The fraction of sp³-hybridized carbons (Fsp3) is 0.294. The molecule has 6 rings (SSSR count). The average molecular weight is 627 g/mol. The second-order valence-corrected chi connectivity index (χ2v) is 11.2. The van der Waals surface area contributed by atoms with Crippen LogP contribution in [0, 0.1) is 32.6 Å². The van der Waals surface area contributed by atoms with Crippen molar-refractivity contribution in [3.8, 4) is 17.2 Å². The molecular weight excluding hydrogens is 592 g/mol. The lowest BCUT2D eigenvalue weighted by atomic mass is 9.90. The van der Waals surface area contributed by atoms with E-state index >= 15 is 0 Å². The van der Waals surface area contributed by atoms with Crippen molar-refractivity contribution in [1.29, 1.82) is 0 Å². The molecule has 1 aliphatic heterocycles. The van der Waals surface area contributed by atoms with Gasteiger partial charge in [-0.25, -0.2) is 24.9 Å². The standard InChI is InChI=1S/C29H30N4O4.C5H5ClN2/c1-19-12-14-30-29(31-19)33-17-23(25(18-33)28(34)35)16-21-8-10-24(11-9-21)36-15-13-26-20(2)37-27(32-26)22-6-4-3-5-7-22;1-4-2-3-7-5(6)8-4/h3-12,14,23,25H,13,15-18H2,1-2H3,(H,34,35);2-3H,1H3/t23-,25+;/m1./s1. The number of ether oxygens (including phenoxy) is 1. The minimum absolute atomic E-state index is 0.0256. The second kappa shape index (κ2) is 14.8. The molecule has 5 aromatic rings. The molecule has 1 saturated heterocycles. The van der Waals surface area contributed by atoms with Gasteiger partial charge >= 0.3 is 5.97 Å². The zero-order chi connectivity index (χ0) is 31.8. The quantitative estimate of drug-likeness (QED) is 0.189. The van der Waals surface area contributed by atoms with Crippen LogP contribution in [-0.4, -0.2) is 55.7 Å². The molecule has 4 heterocycles. The summed E-state index contributed by atoms with van der Waals surface area (Å²) in [6.07, 6.45) is 4.65. The first-order valence-corrected chi connectivity index (χ1v) is 15.1. The maximum absolute atomic E-state index is 11.9. The van der Waals surface area contributed by atoms with Crippen LogP contribution >= 0.6 is 11.6 Å². The molecule has 0 amide bonds. The van der Waals surface area contributed by atoms with Crippen molar-refractivity contribution < 1.29 is 19.1 Å². The number of rotatable bonds is 9. The number of hydrogen-bond acceptors (Lipinski definition) is 9. The molecule has 2 aromatic carbocycles. The summed E-state index contributed by atoms with van der Waals surface area (Å²) in [6.45, 7) is 7.21. The van der Waals surface area contributed by atoms with Gasteiger partial charge in [0.05, 0.1) is 18.2 Å². The molecule has 11 heteroatoms. The summed E-state index contributed by atoms with van der Waals surface area (Å²) in [7, 11) is 0. The van der Waals surface area contributed by atoms with Gasteiger partial charge in [0.2, 0.25) is 17.1 Å². The number of aliphatic carboxylic acids is 1. The molecule has 0 unspecified atom stereocenters. The van der Waals surface area contributed by atoms with Crippen molar-refractivity contribution in [2.75, 3.05) is 24.6 Å². The van der Waals surface area contributed by atoms with Crippen LogP contribution in [0.2, 0.25) is 5.28 Å². The Balaban J connectivity index is 0.000000436. The van der Waals surface area contributed by atoms with Gasteiger partial charge in [-0.2, -0.15) is 0 Å².